The summed E-state index contributed by atoms with van der Waals surface area (Å²) in [6.45, 7) is 3.46. The Kier molecular flexibility index (Phi) is 3.75. The van der Waals surface area contributed by atoms with Crippen molar-refractivity contribution in [2.45, 2.75) is 13.0 Å². The highest BCUT2D eigenvalue weighted by Gasteiger charge is 2.24. The van der Waals surface area contributed by atoms with Gasteiger partial charge in [-0.05, 0) is 50.4 Å². The summed E-state index contributed by atoms with van der Waals surface area (Å²) in [4.78, 5) is 0. The Morgan fingerprint density at radius 2 is 2.07 bits per heavy atom. The molecule has 1 saturated heterocycles. The molecule has 2 nitrogen and oxygen atoms in total. The van der Waals surface area contributed by atoms with Crippen molar-refractivity contribution in [1.29, 1.82) is 0 Å². The standard InChI is InChI=1S/C10H9Br3O2/c1-5-7(11)2-8(10(13)9(5)12)15-4-6-3-14-6/h2,6H,3-4H2,1H3. The van der Waals surface area contributed by atoms with Crippen molar-refractivity contribution < 1.29 is 9.47 Å². The van der Waals surface area contributed by atoms with E-state index in [0.29, 0.717) is 6.61 Å². The van der Waals surface area contributed by atoms with E-state index in [4.69, 9.17) is 9.47 Å². The van der Waals surface area contributed by atoms with E-state index in [0.717, 1.165) is 31.3 Å². The van der Waals surface area contributed by atoms with Crippen LogP contribution in [0.4, 0.5) is 0 Å². The molecule has 1 aliphatic heterocycles. The maximum absolute atomic E-state index is 5.65. The highest BCUT2D eigenvalue weighted by molar-refractivity contribution is 9.13. The third-order valence-electron chi connectivity index (χ3n) is 2.18. The number of hydrogen-bond donors (Lipinski definition) is 0. The second kappa shape index (κ2) is 4.73. The van der Waals surface area contributed by atoms with Crippen LogP contribution in [0, 0.1) is 6.92 Å². The van der Waals surface area contributed by atoms with E-state index in [-0.39, 0.29) is 6.10 Å². The molecule has 1 aromatic rings. The normalized spacial score (nSPS) is 19.1. The molecular formula is C10H9Br3O2. The topological polar surface area (TPSA) is 21.8 Å². The SMILES string of the molecule is Cc1c(Br)cc(OCC2CO2)c(Br)c1Br. The molecule has 1 heterocycles. The Labute approximate surface area is 114 Å². The molecule has 0 N–H and O–H groups in total. The number of epoxide rings is 1. The molecule has 1 atom stereocenters. The number of hydrogen-bond acceptors (Lipinski definition) is 2. The van der Waals surface area contributed by atoms with Crippen LogP contribution < -0.4 is 4.74 Å². The average molecular weight is 401 g/mol. The minimum Gasteiger partial charge on any atom is -0.490 e. The van der Waals surface area contributed by atoms with Gasteiger partial charge in [0.1, 0.15) is 18.5 Å². The van der Waals surface area contributed by atoms with Crippen LogP contribution in [0.5, 0.6) is 5.75 Å². The lowest BCUT2D eigenvalue weighted by Crippen LogP contribution is -2.05. The van der Waals surface area contributed by atoms with Crippen molar-refractivity contribution in [3.05, 3.63) is 25.0 Å². The highest BCUT2D eigenvalue weighted by Crippen LogP contribution is 2.39. The molecule has 82 valence electrons. The molecule has 5 heteroatoms. The predicted octanol–water partition coefficient (Wildman–Crippen LogP) is 4.06. The Morgan fingerprint density at radius 3 is 2.67 bits per heavy atom. The van der Waals surface area contributed by atoms with Crippen LogP contribution in [0.25, 0.3) is 0 Å². The zero-order chi connectivity index (χ0) is 11.0. The first-order valence-electron chi connectivity index (χ1n) is 4.48. The Hall–Kier alpha value is 0.420. The van der Waals surface area contributed by atoms with Crippen molar-refractivity contribution in [2.75, 3.05) is 13.2 Å². The fourth-order valence-corrected chi connectivity index (χ4v) is 2.72. The molecule has 0 spiro atoms. The van der Waals surface area contributed by atoms with E-state index >= 15 is 0 Å². The fraction of sp³-hybridized carbons (Fsp3) is 0.400. The highest BCUT2D eigenvalue weighted by atomic mass is 79.9. The van der Waals surface area contributed by atoms with Gasteiger partial charge >= 0.3 is 0 Å². The first-order valence-corrected chi connectivity index (χ1v) is 6.86. The van der Waals surface area contributed by atoms with Crippen molar-refractivity contribution in [3.8, 4) is 5.75 Å². The number of benzene rings is 1. The van der Waals surface area contributed by atoms with Crippen LogP contribution in [0.3, 0.4) is 0 Å². The first kappa shape index (κ1) is 11.9. The maximum Gasteiger partial charge on any atom is 0.135 e. The summed E-state index contributed by atoms with van der Waals surface area (Å²) in [5, 5.41) is 0. The van der Waals surface area contributed by atoms with Gasteiger partial charge < -0.3 is 9.47 Å². The molecular weight excluding hydrogens is 392 g/mol. The number of halogens is 3. The van der Waals surface area contributed by atoms with Crippen LogP contribution in [-0.2, 0) is 4.74 Å². The third-order valence-corrected chi connectivity index (χ3v) is 5.32. The molecule has 1 unspecified atom stereocenters. The molecule has 1 aliphatic rings. The zero-order valence-electron chi connectivity index (χ0n) is 8.02. The predicted molar refractivity (Wildman–Crippen MR) is 69.5 cm³/mol. The van der Waals surface area contributed by atoms with Crippen molar-refractivity contribution in [1.82, 2.24) is 0 Å². The molecule has 0 aliphatic carbocycles. The lowest BCUT2D eigenvalue weighted by atomic mass is 10.2. The van der Waals surface area contributed by atoms with Gasteiger partial charge in [0.05, 0.1) is 11.1 Å². The molecule has 0 saturated carbocycles. The molecule has 15 heavy (non-hydrogen) atoms. The summed E-state index contributed by atoms with van der Waals surface area (Å²) < 4.78 is 13.7. The van der Waals surface area contributed by atoms with Gasteiger partial charge in [0.15, 0.2) is 0 Å². The van der Waals surface area contributed by atoms with Gasteiger partial charge in [0.25, 0.3) is 0 Å². The Bertz CT molecular complexity index is 389. The van der Waals surface area contributed by atoms with Gasteiger partial charge in [-0.2, -0.15) is 0 Å². The Morgan fingerprint density at radius 1 is 1.40 bits per heavy atom. The van der Waals surface area contributed by atoms with E-state index in [1.165, 1.54) is 0 Å². The largest absolute Gasteiger partial charge is 0.490 e. The monoisotopic (exact) mass is 398 g/mol. The van der Waals surface area contributed by atoms with E-state index in [1.54, 1.807) is 0 Å². The van der Waals surface area contributed by atoms with Crippen LogP contribution in [-0.4, -0.2) is 19.3 Å². The second-order valence-corrected chi connectivity index (χ2v) is 5.82. The summed E-state index contributed by atoms with van der Waals surface area (Å²) in [5.41, 5.74) is 1.15. The minimum atomic E-state index is 0.274. The van der Waals surface area contributed by atoms with E-state index < -0.39 is 0 Å². The van der Waals surface area contributed by atoms with Crippen LogP contribution in [0.15, 0.2) is 19.5 Å². The van der Waals surface area contributed by atoms with E-state index in [2.05, 4.69) is 47.8 Å². The lowest BCUT2D eigenvalue weighted by Gasteiger charge is -2.11. The number of rotatable bonds is 3. The summed E-state index contributed by atoms with van der Waals surface area (Å²) >= 11 is 10.5. The summed E-state index contributed by atoms with van der Waals surface area (Å²) in [5.74, 6) is 0.829. The van der Waals surface area contributed by atoms with Gasteiger partial charge in [0.2, 0.25) is 0 Å². The maximum atomic E-state index is 5.65. The average Bonchev–Trinajstić information content (AvgIpc) is 3.02. The first-order chi connectivity index (χ1) is 7.09. The summed E-state index contributed by atoms with van der Waals surface area (Å²) in [6.07, 6.45) is 0.274. The Balaban J connectivity index is 2.21. The number of ether oxygens (including phenoxy) is 2. The zero-order valence-corrected chi connectivity index (χ0v) is 12.8. The second-order valence-electron chi connectivity index (χ2n) is 3.38. The molecule has 2 rings (SSSR count). The van der Waals surface area contributed by atoms with Gasteiger partial charge in [0, 0.05) is 8.95 Å². The molecule has 1 fully saturated rings. The third kappa shape index (κ3) is 2.75. The van der Waals surface area contributed by atoms with Gasteiger partial charge in [-0.25, -0.2) is 0 Å². The van der Waals surface area contributed by atoms with Gasteiger partial charge in [-0.3, -0.25) is 0 Å². The minimum absolute atomic E-state index is 0.274. The fourth-order valence-electron chi connectivity index (χ4n) is 1.12. The summed E-state index contributed by atoms with van der Waals surface area (Å²) in [7, 11) is 0. The van der Waals surface area contributed by atoms with E-state index in [9.17, 15) is 0 Å². The summed E-state index contributed by atoms with van der Waals surface area (Å²) in [6, 6.07) is 1.96. The van der Waals surface area contributed by atoms with Crippen molar-refractivity contribution in [3.63, 3.8) is 0 Å². The van der Waals surface area contributed by atoms with Crippen LogP contribution in [0.1, 0.15) is 5.56 Å². The van der Waals surface area contributed by atoms with Gasteiger partial charge in [-0.15, -0.1) is 0 Å². The van der Waals surface area contributed by atoms with Crippen LogP contribution in [0.2, 0.25) is 0 Å². The molecule has 1 aromatic carbocycles. The lowest BCUT2D eigenvalue weighted by molar-refractivity contribution is 0.261. The molecule has 0 amide bonds. The van der Waals surface area contributed by atoms with Crippen LogP contribution >= 0.6 is 47.8 Å². The van der Waals surface area contributed by atoms with Crippen molar-refractivity contribution >= 4 is 47.8 Å². The quantitative estimate of drug-likeness (QED) is 0.563. The smallest absolute Gasteiger partial charge is 0.135 e. The molecule has 0 aromatic heterocycles. The van der Waals surface area contributed by atoms with Gasteiger partial charge in [-0.1, -0.05) is 15.9 Å². The molecule has 0 bridgehead atoms. The van der Waals surface area contributed by atoms with Crippen molar-refractivity contribution in [2.24, 2.45) is 0 Å². The van der Waals surface area contributed by atoms with E-state index in [1.807, 2.05) is 13.0 Å². The molecule has 0 radical (unpaired) electrons.